The Morgan fingerprint density at radius 1 is 1.19 bits per heavy atom. The van der Waals surface area contributed by atoms with E-state index in [-0.39, 0.29) is 5.28 Å². The minimum atomic E-state index is 0.235. The second kappa shape index (κ2) is 6.75. The molecule has 1 aliphatic rings. The Balaban J connectivity index is 1.87. The minimum absolute atomic E-state index is 0.235. The number of thioether (sulfide) groups is 1. The molecule has 0 radical (unpaired) electrons. The van der Waals surface area contributed by atoms with Crippen molar-refractivity contribution >= 4 is 40.2 Å². The fourth-order valence-corrected chi connectivity index (χ4v) is 3.46. The number of halogens is 1. The highest BCUT2D eigenvalue weighted by Gasteiger charge is 2.16. The van der Waals surface area contributed by atoms with Crippen molar-refractivity contribution in [2.24, 2.45) is 5.92 Å². The van der Waals surface area contributed by atoms with E-state index in [1.54, 1.807) is 6.33 Å². The molecule has 0 unspecified atom stereocenters. The molecule has 0 amide bonds. The molecule has 21 heavy (non-hydrogen) atoms. The van der Waals surface area contributed by atoms with Gasteiger partial charge in [0.2, 0.25) is 5.28 Å². The molecule has 1 aliphatic carbocycles. The lowest BCUT2D eigenvalue weighted by Gasteiger charge is -2.22. The second-order valence-corrected chi connectivity index (χ2v) is 6.44. The van der Waals surface area contributed by atoms with E-state index in [4.69, 9.17) is 11.6 Å². The topological polar surface area (TPSA) is 63.6 Å². The largest absolute Gasteiger partial charge is 0.368 e. The summed E-state index contributed by atoms with van der Waals surface area (Å²) in [6.07, 6.45) is 10.1. The molecule has 0 atom stereocenters. The van der Waals surface area contributed by atoms with Gasteiger partial charge in [0, 0.05) is 6.54 Å². The number of hydrogen-bond acceptors (Lipinski definition) is 6. The lowest BCUT2D eigenvalue weighted by Crippen LogP contribution is -2.18. The van der Waals surface area contributed by atoms with Gasteiger partial charge in [-0.2, -0.15) is 4.98 Å². The number of rotatable bonds is 4. The van der Waals surface area contributed by atoms with Crippen molar-refractivity contribution in [2.75, 3.05) is 18.1 Å². The number of nitrogens with one attached hydrogen (secondary N) is 1. The van der Waals surface area contributed by atoms with Crippen LogP contribution >= 0.6 is 23.4 Å². The number of hydrogen-bond donors (Lipinski definition) is 1. The lowest BCUT2D eigenvalue weighted by atomic mass is 9.89. The normalized spacial score (nSPS) is 16.3. The van der Waals surface area contributed by atoms with Crippen LogP contribution in [0.1, 0.15) is 32.1 Å². The Morgan fingerprint density at radius 3 is 2.76 bits per heavy atom. The summed E-state index contributed by atoms with van der Waals surface area (Å²) in [4.78, 5) is 17.1. The molecule has 0 saturated heterocycles. The predicted octanol–water partition coefficient (Wildman–Crippen LogP) is 3.79. The number of nitrogens with zero attached hydrogens (tertiary/aromatic N) is 4. The van der Waals surface area contributed by atoms with E-state index < -0.39 is 0 Å². The first kappa shape index (κ1) is 14.8. The van der Waals surface area contributed by atoms with Crippen LogP contribution in [0.5, 0.6) is 0 Å². The summed E-state index contributed by atoms with van der Waals surface area (Å²) in [6, 6.07) is 0. The van der Waals surface area contributed by atoms with Crippen LogP contribution in [0, 0.1) is 5.92 Å². The first-order chi connectivity index (χ1) is 10.3. The van der Waals surface area contributed by atoms with Gasteiger partial charge in [-0.3, -0.25) is 0 Å². The van der Waals surface area contributed by atoms with Crippen molar-refractivity contribution in [3.05, 3.63) is 11.6 Å². The number of aromatic nitrogens is 4. The van der Waals surface area contributed by atoms with Crippen molar-refractivity contribution in [2.45, 2.75) is 37.1 Å². The van der Waals surface area contributed by atoms with E-state index in [2.05, 4.69) is 25.3 Å². The first-order valence-corrected chi connectivity index (χ1v) is 8.84. The molecule has 3 rings (SSSR count). The van der Waals surface area contributed by atoms with Crippen LogP contribution in [0.4, 0.5) is 5.82 Å². The molecule has 7 heteroatoms. The highest BCUT2D eigenvalue weighted by atomic mass is 35.5. The summed E-state index contributed by atoms with van der Waals surface area (Å²) in [5.74, 6) is 1.43. The number of anilines is 1. The van der Waals surface area contributed by atoms with Crippen LogP contribution in [0.15, 0.2) is 11.4 Å². The first-order valence-electron chi connectivity index (χ1n) is 7.24. The van der Waals surface area contributed by atoms with Gasteiger partial charge in [-0.15, -0.1) is 11.8 Å². The smallest absolute Gasteiger partial charge is 0.225 e. The van der Waals surface area contributed by atoms with Crippen molar-refractivity contribution in [1.29, 1.82) is 0 Å². The monoisotopic (exact) mass is 323 g/mol. The van der Waals surface area contributed by atoms with Crippen molar-refractivity contribution in [1.82, 2.24) is 19.9 Å². The Hall–Kier alpha value is -1.14. The fourth-order valence-electron chi connectivity index (χ4n) is 2.80. The van der Waals surface area contributed by atoms with Gasteiger partial charge >= 0.3 is 0 Å². The van der Waals surface area contributed by atoms with Crippen molar-refractivity contribution < 1.29 is 0 Å². The molecule has 1 N–H and O–H groups in total. The van der Waals surface area contributed by atoms with Gasteiger partial charge in [0.05, 0.1) is 0 Å². The average molecular weight is 324 g/mol. The molecule has 1 fully saturated rings. The third-order valence-electron chi connectivity index (χ3n) is 3.90. The molecule has 112 valence electrons. The maximum absolute atomic E-state index is 6.05. The molecule has 1 saturated carbocycles. The van der Waals surface area contributed by atoms with Gasteiger partial charge in [-0.05, 0) is 36.6 Å². The van der Waals surface area contributed by atoms with E-state index in [0.717, 1.165) is 22.6 Å². The Labute approximate surface area is 133 Å². The van der Waals surface area contributed by atoms with Crippen LogP contribution in [0.3, 0.4) is 0 Å². The van der Waals surface area contributed by atoms with Crippen molar-refractivity contribution in [3.8, 4) is 0 Å². The molecule has 2 aromatic rings. The zero-order valence-corrected chi connectivity index (χ0v) is 13.5. The zero-order valence-electron chi connectivity index (χ0n) is 12.0. The van der Waals surface area contributed by atoms with E-state index in [1.807, 2.05) is 6.26 Å². The maximum Gasteiger partial charge on any atom is 0.225 e. The van der Waals surface area contributed by atoms with E-state index in [0.29, 0.717) is 11.7 Å². The molecule has 0 aliphatic heterocycles. The molecular weight excluding hydrogens is 306 g/mol. The van der Waals surface area contributed by atoms with Crippen LogP contribution in [-0.4, -0.2) is 32.7 Å². The molecule has 0 aromatic carbocycles. The molecule has 0 bridgehead atoms. The van der Waals surface area contributed by atoms with Gasteiger partial charge in [-0.25, -0.2) is 15.0 Å². The highest BCUT2D eigenvalue weighted by Crippen LogP contribution is 2.28. The summed E-state index contributed by atoms with van der Waals surface area (Å²) in [7, 11) is 0. The van der Waals surface area contributed by atoms with E-state index in [1.165, 1.54) is 43.9 Å². The second-order valence-electron chi connectivity index (χ2n) is 5.31. The Bertz CT molecular complexity index is 630. The molecule has 2 heterocycles. The zero-order chi connectivity index (χ0) is 14.7. The molecule has 5 nitrogen and oxygen atoms in total. The molecular formula is C14H18ClN5S. The fraction of sp³-hybridized carbons (Fsp3) is 0.571. The lowest BCUT2D eigenvalue weighted by molar-refractivity contribution is 0.373. The summed E-state index contributed by atoms with van der Waals surface area (Å²) >= 11 is 7.58. The third kappa shape index (κ3) is 3.37. The summed E-state index contributed by atoms with van der Waals surface area (Å²) < 4.78 is 0. The van der Waals surface area contributed by atoms with E-state index >= 15 is 0 Å². The summed E-state index contributed by atoms with van der Waals surface area (Å²) in [5.41, 5.74) is 1.46. The quantitative estimate of drug-likeness (QED) is 0.524. The predicted molar refractivity (Wildman–Crippen MR) is 87.0 cm³/mol. The van der Waals surface area contributed by atoms with Gasteiger partial charge in [0.25, 0.3) is 0 Å². The molecule has 2 aromatic heterocycles. The summed E-state index contributed by atoms with van der Waals surface area (Å²) in [5, 5.41) is 4.47. The van der Waals surface area contributed by atoms with Gasteiger partial charge in [0.1, 0.15) is 22.4 Å². The average Bonchev–Trinajstić information content (AvgIpc) is 2.53. The van der Waals surface area contributed by atoms with Crippen LogP contribution < -0.4 is 5.32 Å². The standard InChI is InChI=1S/C14H18ClN5S/c1-21-13-11-10(17-8-18-13)12(20-14(15)19-11)16-7-9-5-3-2-4-6-9/h8-9H,2-7H2,1H3,(H,16,19,20). The van der Waals surface area contributed by atoms with E-state index in [9.17, 15) is 0 Å². The van der Waals surface area contributed by atoms with Crippen LogP contribution in [-0.2, 0) is 0 Å². The van der Waals surface area contributed by atoms with Gasteiger partial charge in [0.15, 0.2) is 5.82 Å². The van der Waals surface area contributed by atoms with Crippen LogP contribution in [0.25, 0.3) is 11.0 Å². The molecule has 0 spiro atoms. The number of fused-ring (bicyclic) bond motifs is 1. The Kier molecular flexibility index (Phi) is 4.75. The van der Waals surface area contributed by atoms with Crippen LogP contribution in [0.2, 0.25) is 5.28 Å². The summed E-state index contributed by atoms with van der Waals surface area (Å²) in [6.45, 7) is 0.918. The minimum Gasteiger partial charge on any atom is -0.368 e. The van der Waals surface area contributed by atoms with Gasteiger partial charge in [-0.1, -0.05) is 19.3 Å². The maximum atomic E-state index is 6.05. The highest BCUT2D eigenvalue weighted by molar-refractivity contribution is 7.98. The third-order valence-corrected chi connectivity index (χ3v) is 4.75. The van der Waals surface area contributed by atoms with Gasteiger partial charge < -0.3 is 5.32 Å². The van der Waals surface area contributed by atoms with Crippen molar-refractivity contribution in [3.63, 3.8) is 0 Å². The SMILES string of the molecule is CSc1ncnc2c(NCC3CCCCC3)nc(Cl)nc12. The Morgan fingerprint density at radius 2 is 2.00 bits per heavy atom.